The zero-order valence-electron chi connectivity index (χ0n) is 14.5. The third kappa shape index (κ3) is 6.69. The Morgan fingerprint density at radius 3 is 2.54 bits per heavy atom. The Labute approximate surface area is 142 Å². The van der Waals surface area contributed by atoms with Crippen molar-refractivity contribution in [1.29, 1.82) is 0 Å². The Hall–Kier alpha value is -2.56. The minimum Gasteiger partial charge on any atom is -0.493 e. The van der Waals surface area contributed by atoms with E-state index in [1.54, 1.807) is 13.0 Å². The molecule has 0 aliphatic heterocycles. The first-order chi connectivity index (χ1) is 11.5. The Bertz CT molecular complexity index is 616. The van der Waals surface area contributed by atoms with Crippen molar-refractivity contribution < 1.29 is 23.8 Å². The molecule has 5 nitrogen and oxygen atoms in total. The number of rotatable bonds is 9. The molecule has 0 aromatic heterocycles. The van der Waals surface area contributed by atoms with Gasteiger partial charge in [-0.05, 0) is 56.0 Å². The standard InChI is InChI=1S/C19H24O5/c1-5-18(20)24-11-7-6-10-23-17-9-8-16(12-14(17)2)13-15(3)19(21)22-4/h5,8-9,12-13H,1,6-7,10-11H2,2-4H3. The third-order valence-electron chi connectivity index (χ3n) is 3.30. The summed E-state index contributed by atoms with van der Waals surface area (Å²) in [6.07, 6.45) is 4.44. The van der Waals surface area contributed by atoms with Gasteiger partial charge < -0.3 is 14.2 Å². The first kappa shape index (κ1) is 19.5. The maximum absolute atomic E-state index is 11.4. The molecule has 1 rings (SSSR count). The number of carbonyl (C=O) groups excluding carboxylic acids is 2. The van der Waals surface area contributed by atoms with E-state index in [9.17, 15) is 9.59 Å². The molecule has 24 heavy (non-hydrogen) atoms. The highest BCUT2D eigenvalue weighted by atomic mass is 16.5. The summed E-state index contributed by atoms with van der Waals surface area (Å²) >= 11 is 0. The smallest absolute Gasteiger partial charge is 0.333 e. The van der Waals surface area contributed by atoms with Crippen LogP contribution in [-0.4, -0.2) is 32.3 Å². The highest BCUT2D eigenvalue weighted by Gasteiger charge is 2.05. The molecule has 1 aromatic carbocycles. The predicted molar refractivity (Wildman–Crippen MR) is 92.7 cm³/mol. The van der Waals surface area contributed by atoms with Crippen LogP contribution in [0.1, 0.15) is 30.9 Å². The van der Waals surface area contributed by atoms with Crippen molar-refractivity contribution in [3.05, 3.63) is 47.6 Å². The summed E-state index contributed by atoms with van der Waals surface area (Å²) in [4.78, 5) is 22.3. The van der Waals surface area contributed by atoms with Gasteiger partial charge in [-0.25, -0.2) is 9.59 Å². The van der Waals surface area contributed by atoms with Gasteiger partial charge in [-0.1, -0.05) is 12.6 Å². The van der Waals surface area contributed by atoms with Crippen LogP contribution >= 0.6 is 0 Å². The number of aryl methyl sites for hydroxylation is 1. The van der Waals surface area contributed by atoms with Crippen LogP contribution in [0.3, 0.4) is 0 Å². The van der Waals surface area contributed by atoms with Gasteiger partial charge in [0.1, 0.15) is 5.75 Å². The Morgan fingerprint density at radius 2 is 1.92 bits per heavy atom. The predicted octanol–water partition coefficient (Wildman–Crippen LogP) is 3.46. The minimum atomic E-state index is -0.405. The SMILES string of the molecule is C=CC(=O)OCCCCOc1ccc(C=C(C)C(=O)OC)cc1C. The fourth-order valence-corrected chi connectivity index (χ4v) is 2.01. The van der Waals surface area contributed by atoms with Gasteiger partial charge in [0.15, 0.2) is 0 Å². The van der Waals surface area contributed by atoms with Gasteiger partial charge in [-0.15, -0.1) is 0 Å². The molecule has 0 fully saturated rings. The average Bonchev–Trinajstić information content (AvgIpc) is 2.58. The molecule has 0 saturated heterocycles. The molecular formula is C19H24O5. The van der Waals surface area contributed by atoms with Gasteiger partial charge in [0.2, 0.25) is 0 Å². The molecule has 130 valence electrons. The summed E-state index contributed by atoms with van der Waals surface area (Å²) in [6, 6.07) is 5.72. The molecule has 0 saturated carbocycles. The molecule has 1 aromatic rings. The number of hydrogen-bond acceptors (Lipinski definition) is 5. The van der Waals surface area contributed by atoms with Gasteiger partial charge in [-0.2, -0.15) is 0 Å². The second-order valence-electron chi connectivity index (χ2n) is 5.27. The quantitative estimate of drug-likeness (QED) is 0.394. The first-order valence-corrected chi connectivity index (χ1v) is 7.77. The number of unbranched alkanes of at least 4 members (excludes halogenated alkanes) is 1. The van der Waals surface area contributed by atoms with Gasteiger partial charge in [0, 0.05) is 11.6 Å². The lowest BCUT2D eigenvalue weighted by molar-refractivity contribution is -0.138. The van der Waals surface area contributed by atoms with E-state index < -0.39 is 5.97 Å². The van der Waals surface area contributed by atoms with Crippen molar-refractivity contribution in [2.45, 2.75) is 26.7 Å². The number of carbonyl (C=O) groups is 2. The Balaban J connectivity index is 2.47. The maximum Gasteiger partial charge on any atom is 0.333 e. The second kappa shape index (κ2) is 10.3. The number of methoxy groups -OCH3 is 1. The summed E-state index contributed by atoms with van der Waals surface area (Å²) in [5, 5.41) is 0. The van der Waals surface area contributed by atoms with Crippen LogP contribution in [0, 0.1) is 6.92 Å². The average molecular weight is 332 g/mol. The van der Waals surface area contributed by atoms with E-state index in [0.29, 0.717) is 18.8 Å². The van der Waals surface area contributed by atoms with Crippen molar-refractivity contribution in [3.8, 4) is 5.75 Å². The Kier molecular flexibility index (Phi) is 8.33. The monoisotopic (exact) mass is 332 g/mol. The summed E-state index contributed by atoms with van der Waals surface area (Å²) in [6.45, 7) is 7.91. The summed E-state index contributed by atoms with van der Waals surface area (Å²) in [7, 11) is 1.36. The second-order valence-corrected chi connectivity index (χ2v) is 5.27. The molecule has 0 atom stereocenters. The highest BCUT2D eigenvalue weighted by Crippen LogP contribution is 2.21. The zero-order chi connectivity index (χ0) is 17.9. The number of benzene rings is 1. The van der Waals surface area contributed by atoms with E-state index in [2.05, 4.69) is 11.3 Å². The summed E-state index contributed by atoms with van der Waals surface area (Å²) in [5.41, 5.74) is 2.44. The molecule has 0 radical (unpaired) electrons. The first-order valence-electron chi connectivity index (χ1n) is 7.77. The molecule has 0 heterocycles. The molecule has 0 aliphatic rings. The van der Waals surface area contributed by atoms with E-state index in [0.717, 1.165) is 35.8 Å². The highest BCUT2D eigenvalue weighted by molar-refractivity contribution is 5.92. The number of ether oxygens (including phenoxy) is 3. The van der Waals surface area contributed by atoms with Crippen molar-refractivity contribution in [1.82, 2.24) is 0 Å². The molecule has 0 N–H and O–H groups in total. The number of hydrogen-bond donors (Lipinski definition) is 0. The summed E-state index contributed by atoms with van der Waals surface area (Å²) in [5.74, 6) is 0.0498. The number of esters is 2. The van der Waals surface area contributed by atoms with Crippen LogP contribution in [0.25, 0.3) is 6.08 Å². The van der Waals surface area contributed by atoms with Crippen molar-refractivity contribution in [3.63, 3.8) is 0 Å². The van der Waals surface area contributed by atoms with E-state index in [4.69, 9.17) is 9.47 Å². The van der Waals surface area contributed by atoms with Crippen LogP contribution in [0.5, 0.6) is 5.75 Å². The maximum atomic E-state index is 11.4. The largest absolute Gasteiger partial charge is 0.493 e. The zero-order valence-corrected chi connectivity index (χ0v) is 14.5. The molecule has 0 bridgehead atoms. The van der Waals surface area contributed by atoms with Gasteiger partial charge >= 0.3 is 11.9 Å². The van der Waals surface area contributed by atoms with Crippen LogP contribution < -0.4 is 4.74 Å². The normalized spacial score (nSPS) is 10.9. The van der Waals surface area contributed by atoms with E-state index >= 15 is 0 Å². The lowest BCUT2D eigenvalue weighted by atomic mass is 10.1. The molecular weight excluding hydrogens is 308 g/mol. The van der Waals surface area contributed by atoms with E-state index in [1.165, 1.54) is 7.11 Å². The van der Waals surface area contributed by atoms with Crippen LogP contribution in [0.15, 0.2) is 36.4 Å². The fourth-order valence-electron chi connectivity index (χ4n) is 2.01. The topological polar surface area (TPSA) is 61.8 Å². The van der Waals surface area contributed by atoms with E-state index in [-0.39, 0.29) is 5.97 Å². The van der Waals surface area contributed by atoms with Crippen molar-refractivity contribution in [2.75, 3.05) is 20.3 Å². The van der Waals surface area contributed by atoms with Crippen LogP contribution in [-0.2, 0) is 19.1 Å². The van der Waals surface area contributed by atoms with Crippen molar-refractivity contribution in [2.24, 2.45) is 0 Å². The van der Waals surface area contributed by atoms with Crippen molar-refractivity contribution >= 4 is 18.0 Å². The fraction of sp³-hybridized carbons (Fsp3) is 0.368. The minimum absolute atomic E-state index is 0.342. The van der Waals surface area contributed by atoms with Crippen LogP contribution in [0.4, 0.5) is 0 Å². The Morgan fingerprint density at radius 1 is 1.21 bits per heavy atom. The molecule has 0 amide bonds. The third-order valence-corrected chi connectivity index (χ3v) is 3.30. The lowest BCUT2D eigenvalue weighted by Gasteiger charge is -2.10. The van der Waals surface area contributed by atoms with E-state index in [1.807, 2.05) is 25.1 Å². The molecule has 5 heteroatoms. The molecule has 0 unspecified atom stereocenters. The molecule has 0 aliphatic carbocycles. The van der Waals surface area contributed by atoms with Crippen LogP contribution in [0.2, 0.25) is 0 Å². The van der Waals surface area contributed by atoms with Gasteiger partial charge in [-0.3, -0.25) is 0 Å². The van der Waals surface area contributed by atoms with Gasteiger partial charge in [0.05, 0.1) is 20.3 Å². The lowest BCUT2D eigenvalue weighted by Crippen LogP contribution is -2.05. The van der Waals surface area contributed by atoms with Gasteiger partial charge in [0.25, 0.3) is 0 Å². The molecule has 0 spiro atoms. The summed E-state index contributed by atoms with van der Waals surface area (Å²) < 4.78 is 15.3.